The summed E-state index contributed by atoms with van der Waals surface area (Å²) in [6.45, 7) is 9.28. The second kappa shape index (κ2) is 10.7. The van der Waals surface area contributed by atoms with Crippen molar-refractivity contribution in [1.29, 1.82) is 0 Å². The number of ether oxygens (including phenoxy) is 1. The van der Waals surface area contributed by atoms with Crippen molar-refractivity contribution in [2.45, 2.75) is 45.3 Å². The molecule has 1 fully saturated rings. The van der Waals surface area contributed by atoms with E-state index in [1.165, 1.54) is 6.07 Å². The van der Waals surface area contributed by atoms with Crippen LogP contribution in [0.15, 0.2) is 36.4 Å². The maximum absolute atomic E-state index is 13.2. The van der Waals surface area contributed by atoms with Gasteiger partial charge in [-0.3, -0.25) is 9.59 Å². The fraction of sp³-hybridized carbons (Fsp3) is 0.429. The summed E-state index contributed by atoms with van der Waals surface area (Å²) in [5, 5.41) is 15.4. The molecule has 8 heteroatoms. The molecule has 0 aliphatic carbocycles. The second-order valence-electron chi connectivity index (χ2n) is 10.2. The quantitative estimate of drug-likeness (QED) is 0.543. The zero-order valence-electron chi connectivity index (χ0n) is 21.3. The number of carbonyl (C=O) groups excluding carboxylic acids is 2. The summed E-state index contributed by atoms with van der Waals surface area (Å²) in [6.07, 6.45) is 5.90. The Bertz CT molecular complexity index is 1250. The van der Waals surface area contributed by atoms with Crippen LogP contribution in [0.2, 0.25) is 0 Å². The number of rotatable bonds is 7. The van der Waals surface area contributed by atoms with Crippen molar-refractivity contribution in [3.63, 3.8) is 0 Å². The molecule has 1 atom stereocenters. The van der Waals surface area contributed by atoms with Crippen molar-refractivity contribution in [1.82, 2.24) is 4.90 Å². The van der Waals surface area contributed by atoms with Gasteiger partial charge in [0, 0.05) is 43.0 Å². The van der Waals surface area contributed by atoms with Crippen LogP contribution in [0.4, 0.5) is 11.4 Å². The highest BCUT2D eigenvalue weighted by Gasteiger charge is 2.21. The van der Waals surface area contributed by atoms with Gasteiger partial charge in [0.2, 0.25) is 5.91 Å². The first-order valence-electron chi connectivity index (χ1n) is 12.5. The van der Waals surface area contributed by atoms with E-state index in [1.54, 1.807) is 18.2 Å². The Labute approximate surface area is 212 Å². The van der Waals surface area contributed by atoms with Crippen molar-refractivity contribution in [3.05, 3.63) is 58.0 Å². The largest absolute Gasteiger partial charge is 0.390 e. The molecule has 2 aromatic rings. The van der Waals surface area contributed by atoms with Gasteiger partial charge in [-0.25, -0.2) is 0 Å². The van der Waals surface area contributed by atoms with Gasteiger partial charge in [0.05, 0.1) is 30.2 Å². The Balaban J connectivity index is 1.74. The molecule has 1 unspecified atom stereocenters. The number of primary amides is 1. The van der Waals surface area contributed by atoms with Crippen molar-refractivity contribution >= 4 is 35.5 Å². The number of amides is 2. The van der Waals surface area contributed by atoms with Crippen molar-refractivity contribution in [2.24, 2.45) is 5.73 Å². The highest BCUT2D eigenvalue weighted by Crippen LogP contribution is 2.25. The number of nitrogens with two attached hydrogens (primary N) is 1. The minimum Gasteiger partial charge on any atom is -0.390 e. The Morgan fingerprint density at radius 1 is 1.14 bits per heavy atom. The SMILES string of the molecule is CC1CC=c2cc(N3CCOCC3)c(NC(=O)c3cccc(C(N)=O)c3)cc2=CN1CCC(C)(C)O. The first kappa shape index (κ1) is 25.7. The van der Waals surface area contributed by atoms with E-state index in [9.17, 15) is 14.7 Å². The van der Waals surface area contributed by atoms with Crippen LogP contribution in [0.25, 0.3) is 12.3 Å². The molecule has 0 saturated carbocycles. The molecule has 8 nitrogen and oxygen atoms in total. The lowest BCUT2D eigenvalue weighted by Gasteiger charge is -2.31. The summed E-state index contributed by atoms with van der Waals surface area (Å²) in [7, 11) is 0. The van der Waals surface area contributed by atoms with Gasteiger partial charge in [-0.15, -0.1) is 0 Å². The first-order valence-corrected chi connectivity index (χ1v) is 12.5. The predicted octanol–water partition coefficient (Wildman–Crippen LogP) is 1.65. The molecule has 0 aromatic heterocycles. The Morgan fingerprint density at radius 2 is 1.86 bits per heavy atom. The lowest BCUT2D eigenvalue weighted by atomic mass is 10.0. The zero-order valence-corrected chi connectivity index (χ0v) is 21.3. The van der Waals surface area contributed by atoms with Gasteiger partial charge < -0.3 is 30.7 Å². The number of aliphatic hydroxyl groups is 1. The van der Waals surface area contributed by atoms with E-state index in [1.807, 2.05) is 19.9 Å². The molecule has 2 aliphatic rings. The van der Waals surface area contributed by atoms with E-state index in [0.717, 1.165) is 42.2 Å². The third-order valence-electron chi connectivity index (χ3n) is 6.74. The molecule has 0 radical (unpaired) electrons. The summed E-state index contributed by atoms with van der Waals surface area (Å²) < 4.78 is 5.55. The zero-order chi connectivity index (χ0) is 25.9. The number of morpholine rings is 1. The molecule has 0 spiro atoms. The normalized spacial score (nSPS) is 17.9. The van der Waals surface area contributed by atoms with E-state index >= 15 is 0 Å². The van der Waals surface area contributed by atoms with Gasteiger partial charge in [0.1, 0.15) is 0 Å². The molecular weight excluding hydrogens is 456 g/mol. The van der Waals surface area contributed by atoms with Crippen LogP contribution in [0.5, 0.6) is 0 Å². The maximum Gasteiger partial charge on any atom is 0.255 e. The second-order valence-corrected chi connectivity index (χ2v) is 10.2. The number of hydrogen-bond donors (Lipinski definition) is 3. The molecule has 36 heavy (non-hydrogen) atoms. The van der Waals surface area contributed by atoms with Crippen LogP contribution in [0.1, 0.15) is 54.3 Å². The summed E-state index contributed by atoms with van der Waals surface area (Å²) >= 11 is 0. The topological polar surface area (TPSA) is 108 Å². The maximum atomic E-state index is 13.2. The molecule has 4 N–H and O–H groups in total. The lowest BCUT2D eigenvalue weighted by molar-refractivity contribution is 0.0617. The highest BCUT2D eigenvalue weighted by molar-refractivity contribution is 6.07. The smallest absolute Gasteiger partial charge is 0.255 e. The molecule has 0 bridgehead atoms. The Hall–Kier alpha value is -3.36. The van der Waals surface area contributed by atoms with Crippen LogP contribution in [0, 0.1) is 0 Å². The summed E-state index contributed by atoms with van der Waals surface area (Å²) in [5.41, 5.74) is 6.96. The number of carbonyl (C=O) groups is 2. The van der Waals surface area contributed by atoms with E-state index in [0.29, 0.717) is 30.9 Å². The number of benzene rings is 2. The van der Waals surface area contributed by atoms with Crippen LogP contribution in [-0.2, 0) is 4.74 Å². The average molecular weight is 493 g/mol. The summed E-state index contributed by atoms with van der Waals surface area (Å²) in [4.78, 5) is 29.3. The number of nitrogens with one attached hydrogen (secondary N) is 1. The lowest BCUT2D eigenvalue weighted by Crippen LogP contribution is -2.39. The van der Waals surface area contributed by atoms with Gasteiger partial charge in [-0.05, 0) is 74.4 Å². The molecular formula is C28H36N4O4. The van der Waals surface area contributed by atoms with Crippen molar-refractivity contribution in [2.75, 3.05) is 43.1 Å². The minimum absolute atomic E-state index is 0.279. The minimum atomic E-state index is -0.745. The molecule has 2 aromatic carbocycles. The third-order valence-corrected chi connectivity index (χ3v) is 6.74. The van der Waals surface area contributed by atoms with E-state index in [2.05, 4.69) is 40.4 Å². The van der Waals surface area contributed by atoms with Crippen LogP contribution in [0.3, 0.4) is 0 Å². The number of nitrogens with zero attached hydrogens (tertiary/aromatic N) is 2. The van der Waals surface area contributed by atoms with Crippen LogP contribution < -0.4 is 26.4 Å². The number of anilines is 2. The van der Waals surface area contributed by atoms with Crippen molar-refractivity contribution in [3.8, 4) is 0 Å². The Kier molecular flexibility index (Phi) is 7.66. The average Bonchev–Trinajstić information content (AvgIpc) is 3.00. The highest BCUT2D eigenvalue weighted by atomic mass is 16.5. The molecule has 1 saturated heterocycles. The molecule has 2 aliphatic heterocycles. The van der Waals surface area contributed by atoms with E-state index < -0.39 is 11.5 Å². The van der Waals surface area contributed by atoms with Gasteiger partial charge in [-0.1, -0.05) is 12.1 Å². The fourth-order valence-corrected chi connectivity index (χ4v) is 4.51. The monoisotopic (exact) mass is 492 g/mol. The number of fused-ring (bicyclic) bond motifs is 1. The summed E-state index contributed by atoms with van der Waals surface area (Å²) in [6, 6.07) is 10.9. The van der Waals surface area contributed by atoms with E-state index in [4.69, 9.17) is 10.5 Å². The standard InChI is InChI=1S/C28H36N4O4/c1-19-7-8-20-17-25(31-11-13-36-14-12-31)24(16-23(20)18-32(19)10-9-28(2,3)35)30-27(34)22-6-4-5-21(15-22)26(29)33/h4-6,8,15-19,35H,7,9-14H2,1-3H3,(H2,29,33)(H,30,34). The molecule has 4 rings (SSSR count). The summed E-state index contributed by atoms with van der Waals surface area (Å²) in [5.74, 6) is -0.883. The van der Waals surface area contributed by atoms with Crippen molar-refractivity contribution < 1.29 is 19.4 Å². The predicted molar refractivity (Wildman–Crippen MR) is 142 cm³/mol. The van der Waals surface area contributed by atoms with Crippen LogP contribution >= 0.6 is 0 Å². The van der Waals surface area contributed by atoms with Gasteiger partial charge in [0.25, 0.3) is 5.91 Å². The molecule has 2 amide bonds. The number of hydrogen-bond acceptors (Lipinski definition) is 6. The van der Waals surface area contributed by atoms with Gasteiger partial charge >= 0.3 is 0 Å². The Morgan fingerprint density at radius 3 is 2.56 bits per heavy atom. The van der Waals surface area contributed by atoms with E-state index in [-0.39, 0.29) is 17.5 Å². The van der Waals surface area contributed by atoms with Crippen LogP contribution in [-0.4, -0.2) is 66.3 Å². The first-order chi connectivity index (χ1) is 17.1. The molecule has 192 valence electrons. The fourth-order valence-electron chi connectivity index (χ4n) is 4.51. The van der Waals surface area contributed by atoms with Gasteiger partial charge in [-0.2, -0.15) is 0 Å². The molecule has 2 heterocycles. The van der Waals surface area contributed by atoms with Gasteiger partial charge in [0.15, 0.2) is 0 Å². The third kappa shape index (κ3) is 6.25.